The van der Waals surface area contributed by atoms with Crippen molar-refractivity contribution in [2.45, 2.75) is 24.0 Å². The fraction of sp³-hybridized carbons (Fsp3) is 0.222. The van der Waals surface area contributed by atoms with Crippen molar-refractivity contribution in [3.8, 4) is 5.75 Å². The third-order valence-corrected chi connectivity index (χ3v) is 4.27. The van der Waals surface area contributed by atoms with Gasteiger partial charge in [-0.2, -0.15) is 0 Å². The zero-order valence-corrected chi connectivity index (χ0v) is 14.6. The first kappa shape index (κ1) is 17.9. The van der Waals surface area contributed by atoms with Gasteiger partial charge in [-0.05, 0) is 37.3 Å². The molecule has 0 spiro atoms. The molecule has 5 nitrogen and oxygen atoms in total. The molecule has 1 atom stereocenters. The van der Waals surface area contributed by atoms with Crippen LogP contribution in [0.5, 0.6) is 5.75 Å². The summed E-state index contributed by atoms with van der Waals surface area (Å²) in [5, 5.41) is 5.32. The number of thioether (sulfide) groups is 1. The van der Waals surface area contributed by atoms with E-state index >= 15 is 0 Å². The first-order valence-corrected chi connectivity index (χ1v) is 8.35. The third kappa shape index (κ3) is 5.31. The molecule has 6 heteroatoms. The molecule has 0 aliphatic rings. The Kier molecular flexibility index (Phi) is 6.26. The molecule has 0 aliphatic heterocycles. The van der Waals surface area contributed by atoms with Crippen molar-refractivity contribution in [1.29, 1.82) is 0 Å². The van der Waals surface area contributed by atoms with Gasteiger partial charge in [0.15, 0.2) is 0 Å². The van der Waals surface area contributed by atoms with Crippen LogP contribution < -0.4 is 15.4 Å². The van der Waals surface area contributed by atoms with E-state index in [2.05, 4.69) is 10.6 Å². The molecule has 2 aromatic carbocycles. The number of methoxy groups -OCH3 is 1. The van der Waals surface area contributed by atoms with Crippen LogP contribution in [0.1, 0.15) is 13.8 Å². The maximum Gasteiger partial charge on any atom is 0.237 e. The summed E-state index contributed by atoms with van der Waals surface area (Å²) in [5.41, 5.74) is 1.41. The number of nitrogens with one attached hydrogen (secondary N) is 2. The molecule has 0 bridgehead atoms. The lowest BCUT2D eigenvalue weighted by molar-refractivity contribution is -0.115. The number of carbonyl (C=O) groups is 2. The Morgan fingerprint density at radius 1 is 1.04 bits per heavy atom. The number of amides is 2. The number of anilines is 2. The maximum atomic E-state index is 12.3. The van der Waals surface area contributed by atoms with E-state index in [0.717, 1.165) is 4.90 Å². The normalized spacial score (nSPS) is 11.5. The van der Waals surface area contributed by atoms with Gasteiger partial charge in [0.2, 0.25) is 11.8 Å². The van der Waals surface area contributed by atoms with Crippen LogP contribution in [-0.4, -0.2) is 24.2 Å². The molecule has 0 aromatic heterocycles. The molecule has 2 N–H and O–H groups in total. The predicted octanol–water partition coefficient (Wildman–Crippen LogP) is 3.77. The van der Waals surface area contributed by atoms with E-state index in [-0.39, 0.29) is 17.1 Å². The Bertz CT molecular complexity index is 734. The average Bonchev–Trinajstić information content (AvgIpc) is 2.54. The number of carbonyl (C=O) groups excluding carboxylic acids is 2. The van der Waals surface area contributed by atoms with Crippen LogP contribution in [0.25, 0.3) is 0 Å². The van der Waals surface area contributed by atoms with Gasteiger partial charge in [-0.3, -0.25) is 9.59 Å². The van der Waals surface area contributed by atoms with Crippen molar-refractivity contribution in [3.05, 3.63) is 48.5 Å². The van der Waals surface area contributed by atoms with Crippen LogP contribution >= 0.6 is 11.8 Å². The highest BCUT2D eigenvalue weighted by Gasteiger charge is 2.15. The fourth-order valence-corrected chi connectivity index (χ4v) is 2.98. The Balaban J connectivity index is 1.99. The largest absolute Gasteiger partial charge is 0.497 e. The van der Waals surface area contributed by atoms with Crippen molar-refractivity contribution >= 4 is 35.0 Å². The summed E-state index contributed by atoms with van der Waals surface area (Å²) in [6, 6.07) is 14.6. The Hall–Kier alpha value is -2.47. The zero-order valence-electron chi connectivity index (χ0n) is 13.8. The highest BCUT2D eigenvalue weighted by molar-refractivity contribution is 8.00. The first-order chi connectivity index (χ1) is 11.5. The number of rotatable bonds is 6. The van der Waals surface area contributed by atoms with Crippen LogP contribution in [0.3, 0.4) is 0 Å². The van der Waals surface area contributed by atoms with Crippen LogP contribution in [-0.2, 0) is 9.59 Å². The van der Waals surface area contributed by atoms with E-state index in [1.807, 2.05) is 49.4 Å². The van der Waals surface area contributed by atoms with E-state index in [9.17, 15) is 9.59 Å². The SMILES string of the molecule is COc1cccc(NC(=O)C(C)Sc2cccc(NC(C)=O)c2)c1. The lowest BCUT2D eigenvalue weighted by atomic mass is 10.3. The lowest BCUT2D eigenvalue weighted by Gasteiger charge is -2.13. The van der Waals surface area contributed by atoms with Crippen LogP contribution in [0.15, 0.2) is 53.4 Å². The van der Waals surface area contributed by atoms with Gasteiger partial charge in [0.1, 0.15) is 5.75 Å². The van der Waals surface area contributed by atoms with Crippen molar-refractivity contribution in [2.75, 3.05) is 17.7 Å². The second-order valence-corrected chi connectivity index (χ2v) is 6.60. The topological polar surface area (TPSA) is 67.4 Å². The second kappa shape index (κ2) is 8.40. The third-order valence-electron chi connectivity index (χ3n) is 3.17. The molecule has 2 amide bonds. The predicted molar refractivity (Wildman–Crippen MR) is 97.7 cm³/mol. The molecule has 0 radical (unpaired) electrons. The van der Waals surface area contributed by atoms with E-state index in [1.54, 1.807) is 13.2 Å². The summed E-state index contributed by atoms with van der Waals surface area (Å²) in [7, 11) is 1.58. The highest BCUT2D eigenvalue weighted by Crippen LogP contribution is 2.27. The van der Waals surface area contributed by atoms with E-state index in [1.165, 1.54) is 18.7 Å². The number of benzene rings is 2. The summed E-state index contributed by atoms with van der Waals surface area (Å²) < 4.78 is 5.15. The number of hydrogen-bond acceptors (Lipinski definition) is 4. The minimum atomic E-state index is -0.288. The van der Waals surface area contributed by atoms with E-state index in [4.69, 9.17) is 4.74 Å². The number of ether oxygens (including phenoxy) is 1. The Labute approximate surface area is 145 Å². The highest BCUT2D eigenvalue weighted by atomic mass is 32.2. The van der Waals surface area contributed by atoms with Crippen molar-refractivity contribution in [2.24, 2.45) is 0 Å². The summed E-state index contributed by atoms with van der Waals surface area (Å²) >= 11 is 1.43. The molecule has 24 heavy (non-hydrogen) atoms. The van der Waals surface area contributed by atoms with Gasteiger partial charge >= 0.3 is 0 Å². The van der Waals surface area contributed by atoms with Crippen molar-refractivity contribution in [3.63, 3.8) is 0 Å². The van der Waals surface area contributed by atoms with Crippen molar-refractivity contribution in [1.82, 2.24) is 0 Å². The average molecular weight is 344 g/mol. The second-order valence-electron chi connectivity index (χ2n) is 5.19. The Morgan fingerprint density at radius 2 is 1.71 bits per heavy atom. The molecule has 2 rings (SSSR count). The molecule has 0 saturated heterocycles. The summed E-state index contributed by atoms with van der Waals surface area (Å²) in [6.45, 7) is 3.30. The molecule has 126 valence electrons. The molecule has 0 aliphatic carbocycles. The molecule has 0 saturated carbocycles. The summed E-state index contributed by atoms with van der Waals surface area (Å²) in [6.07, 6.45) is 0. The van der Waals surface area contributed by atoms with Gasteiger partial charge in [-0.1, -0.05) is 12.1 Å². The van der Waals surface area contributed by atoms with Crippen molar-refractivity contribution < 1.29 is 14.3 Å². The van der Waals surface area contributed by atoms with Crippen LogP contribution in [0.2, 0.25) is 0 Å². The quantitative estimate of drug-likeness (QED) is 0.783. The van der Waals surface area contributed by atoms with E-state index in [0.29, 0.717) is 17.1 Å². The summed E-state index contributed by atoms with van der Waals surface area (Å²) in [5.74, 6) is 0.468. The molecule has 1 unspecified atom stereocenters. The number of hydrogen-bond donors (Lipinski definition) is 2. The smallest absolute Gasteiger partial charge is 0.237 e. The molecule has 0 heterocycles. The molecule has 2 aromatic rings. The lowest BCUT2D eigenvalue weighted by Crippen LogP contribution is -2.22. The van der Waals surface area contributed by atoms with E-state index < -0.39 is 0 Å². The molecular formula is C18H20N2O3S. The van der Waals surface area contributed by atoms with Crippen LogP contribution in [0.4, 0.5) is 11.4 Å². The molecular weight excluding hydrogens is 324 g/mol. The summed E-state index contributed by atoms with van der Waals surface area (Å²) in [4.78, 5) is 24.4. The van der Waals surface area contributed by atoms with Crippen LogP contribution in [0, 0.1) is 0 Å². The van der Waals surface area contributed by atoms with Gasteiger partial charge < -0.3 is 15.4 Å². The molecule has 0 fully saturated rings. The minimum Gasteiger partial charge on any atom is -0.497 e. The monoisotopic (exact) mass is 344 g/mol. The zero-order chi connectivity index (χ0) is 17.5. The standard InChI is InChI=1S/C18H20N2O3S/c1-12(18(22)20-14-6-4-8-16(10-14)23-3)24-17-9-5-7-15(11-17)19-13(2)21/h4-12H,1-3H3,(H,19,21)(H,20,22). The van der Waals surface area contributed by atoms with Gasteiger partial charge in [0.25, 0.3) is 0 Å². The minimum absolute atomic E-state index is 0.0989. The van der Waals surface area contributed by atoms with Gasteiger partial charge in [-0.15, -0.1) is 11.8 Å². The fourth-order valence-electron chi connectivity index (χ4n) is 2.05. The van der Waals surface area contributed by atoms with Gasteiger partial charge in [-0.25, -0.2) is 0 Å². The van der Waals surface area contributed by atoms with Gasteiger partial charge in [0, 0.05) is 29.3 Å². The maximum absolute atomic E-state index is 12.3. The Morgan fingerprint density at radius 3 is 2.38 bits per heavy atom. The first-order valence-electron chi connectivity index (χ1n) is 7.47. The van der Waals surface area contributed by atoms with Gasteiger partial charge in [0.05, 0.1) is 12.4 Å².